The lowest BCUT2D eigenvalue weighted by Gasteiger charge is -2.16. The Balaban J connectivity index is 2.16. The number of rotatable bonds is 4. The second-order valence-corrected chi connectivity index (χ2v) is 5.23. The van der Waals surface area contributed by atoms with E-state index in [1.54, 1.807) is 6.07 Å². The van der Waals surface area contributed by atoms with Gasteiger partial charge in [-0.25, -0.2) is 4.98 Å². The third-order valence-electron chi connectivity index (χ3n) is 3.19. The highest BCUT2D eigenvalue weighted by molar-refractivity contribution is 6.33. The summed E-state index contributed by atoms with van der Waals surface area (Å²) >= 11 is 6.01. The predicted octanol–water partition coefficient (Wildman–Crippen LogP) is 0.735. The molecule has 0 aliphatic carbocycles. The van der Waals surface area contributed by atoms with Crippen LogP contribution in [0, 0.1) is 0 Å². The number of amides is 1. The van der Waals surface area contributed by atoms with Gasteiger partial charge in [-0.2, -0.15) is 0 Å². The van der Waals surface area contributed by atoms with Crippen molar-refractivity contribution < 1.29 is 15.0 Å². The maximum absolute atomic E-state index is 12.3. The van der Waals surface area contributed by atoms with Gasteiger partial charge in [-0.3, -0.25) is 4.79 Å². The van der Waals surface area contributed by atoms with E-state index < -0.39 is 12.2 Å². The van der Waals surface area contributed by atoms with Gasteiger partial charge in [0.05, 0.1) is 22.8 Å². The van der Waals surface area contributed by atoms with E-state index in [1.165, 1.54) is 11.1 Å². The number of carbonyl (C=O) groups excluding carboxylic acids is 1. The summed E-state index contributed by atoms with van der Waals surface area (Å²) in [6.07, 6.45) is 0.558. The summed E-state index contributed by atoms with van der Waals surface area (Å²) in [5.41, 5.74) is 0.321. The van der Waals surface area contributed by atoms with Gasteiger partial charge in [0.2, 0.25) is 0 Å². The minimum Gasteiger partial charge on any atom is -0.388 e. The van der Waals surface area contributed by atoms with Gasteiger partial charge in [-0.1, -0.05) is 18.5 Å². The van der Waals surface area contributed by atoms with Crippen LogP contribution in [-0.4, -0.2) is 57.8 Å². The van der Waals surface area contributed by atoms with Crippen LogP contribution in [0.15, 0.2) is 12.3 Å². The molecule has 1 saturated heterocycles. The highest BCUT2D eigenvalue weighted by atomic mass is 35.5. The van der Waals surface area contributed by atoms with Gasteiger partial charge in [0, 0.05) is 25.8 Å². The van der Waals surface area contributed by atoms with E-state index in [2.05, 4.69) is 10.3 Å². The Bertz CT molecular complexity index is 488. The van der Waals surface area contributed by atoms with Gasteiger partial charge in [0.15, 0.2) is 0 Å². The molecule has 2 heterocycles. The van der Waals surface area contributed by atoms with Gasteiger partial charge in [-0.05, 0) is 12.5 Å². The molecule has 1 aromatic rings. The van der Waals surface area contributed by atoms with Crippen molar-refractivity contribution in [1.29, 1.82) is 0 Å². The van der Waals surface area contributed by atoms with E-state index in [1.807, 2.05) is 6.92 Å². The van der Waals surface area contributed by atoms with Gasteiger partial charge < -0.3 is 20.4 Å². The first-order valence-electron chi connectivity index (χ1n) is 6.57. The summed E-state index contributed by atoms with van der Waals surface area (Å²) in [5.74, 6) is 0.271. The van der Waals surface area contributed by atoms with E-state index in [9.17, 15) is 15.0 Å². The molecule has 0 spiro atoms. The van der Waals surface area contributed by atoms with Crippen molar-refractivity contribution in [3.63, 3.8) is 0 Å². The first kappa shape index (κ1) is 15.0. The molecule has 7 heteroatoms. The first-order valence-corrected chi connectivity index (χ1v) is 6.95. The fourth-order valence-electron chi connectivity index (χ4n) is 2.06. The largest absolute Gasteiger partial charge is 0.388 e. The van der Waals surface area contributed by atoms with Crippen LogP contribution in [0.2, 0.25) is 5.02 Å². The zero-order chi connectivity index (χ0) is 14.7. The Morgan fingerprint density at radius 2 is 2.15 bits per heavy atom. The van der Waals surface area contributed by atoms with Gasteiger partial charge in [-0.15, -0.1) is 0 Å². The first-order chi connectivity index (χ1) is 9.52. The third-order valence-corrected chi connectivity index (χ3v) is 3.49. The molecule has 1 aliphatic heterocycles. The molecule has 3 N–H and O–H groups in total. The lowest BCUT2D eigenvalue weighted by Crippen LogP contribution is -2.30. The monoisotopic (exact) mass is 299 g/mol. The van der Waals surface area contributed by atoms with Crippen molar-refractivity contribution in [3.8, 4) is 0 Å². The molecule has 1 fully saturated rings. The van der Waals surface area contributed by atoms with Crippen molar-refractivity contribution in [3.05, 3.63) is 22.8 Å². The number of aliphatic hydroxyl groups is 2. The number of hydrogen-bond acceptors (Lipinski definition) is 5. The highest BCUT2D eigenvalue weighted by Gasteiger charge is 2.33. The van der Waals surface area contributed by atoms with E-state index >= 15 is 0 Å². The smallest absolute Gasteiger partial charge is 0.255 e. The molecule has 6 nitrogen and oxygen atoms in total. The lowest BCUT2D eigenvalue weighted by atomic mass is 10.2. The fourth-order valence-corrected chi connectivity index (χ4v) is 2.24. The normalized spacial score (nSPS) is 22.1. The quantitative estimate of drug-likeness (QED) is 0.763. The second-order valence-electron chi connectivity index (χ2n) is 4.82. The molecule has 0 radical (unpaired) electrons. The van der Waals surface area contributed by atoms with Crippen molar-refractivity contribution in [2.45, 2.75) is 25.6 Å². The topological polar surface area (TPSA) is 85.7 Å². The summed E-state index contributed by atoms with van der Waals surface area (Å²) in [6.45, 7) is 3.00. The number of aliphatic hydroxyl groups excluding tert-OH is 2. The number of anilines is 1. The van der Waals surface area contributed by atoms with Crippen LogP contribution in [0.4, 0.5) is 5.82 Å². The van der Waals surface area contributed by atoms with Gasteiger partial charge >= 0.3 is 0 Å². The van der Waals surface area contributed by atoms with E-state index in [0.717, 1.165) is 13.0 Å². The second kappa shape index (κ2) is 6.39. The summed E-state index contributed by atoms with van der Waals surface area (Å²) < 4.78 is 0. The minimum atomic E-state index is -0.905. The molecule has 0 saturated carbocycles. The zero-order valence-corrected chi connectivity index (χ0v) is 12.0. The Morgan fingerprint density at radius 1 is 1.50 bits per heavy atom. The molecule has 1 aromatic heterocycles. The van der Waals surface area contributed by atoms with E-state index in [0.29, 0.717) is 11.4 Å². The lowest BCUT2D eigenvalue weighted by molar-refractivity contribution is 0.0572. The van der Waals surface area contributed by atoms with Gasteiger partial charge in [0.25, 0.3) is 5.91 Å². The van der Waals surface area contributed by atoms with Crippen molar-refractivity contribution in [2.24, 2.45) is 0 Å². The van der Waals surface area contributed by atoms with Crippen LogP contribution in [0.1, 0.15) is 23.7 Å². The van der Waals surface area contributed by atoms with Crippen LogP contribution in [0.25, 0.3) is 0 Å². The molecule has 2 unspecified atom stereocenters. The van der Waals surface area contributed by atoms with E-state index in [-0.39, 0.29) is 24.0 Å². The summed E-state index contributed by atoms with van der Waals surface area (Å²) in [7, 11) is 0. The molecule has 1 amide bonds. The number of carbonyl (C=O) groups is 1. The SMILES string of the molecule is CCCNc1cc(C(=O)N2CC(O)C(O)C2)c(Cl)cn1. The molecular formula is C13H18ClN3O3. The maximum Gasteiger partial charge on any atom is 0.255 e. The standard InChI is InChI=1S/C13H18ClN3O3/c1-2-3-15-12-4-8(9(14)5-16-12)13(20)17-6-10(18)11(19)7-17/h4-5,10-11,18-19H,2-3,6-7H2,1H3,(H,15,16). The molecule has 0 aromatic carbocycles. The molecular weight excluding hydrogens is 282 g/mol. The van der Waals surface area contributed by atoms with Crippen molar-refractivity contribution in [1.82, 2.24) is 9.88 Å². The molecule has 110 valence electrons. The number of nitrogens with zero attached hydrogens (tertiary/aromatic N) is 2. The number of nitrogens with one attached hydrogen (secondary N) is 1. The molecule has 0 bridgehead atoms. The van der Waals surface area contributed by atoms with Crippen molar-refractivity contribution >= 4 is 23.3 Å². The minimum absolute atomic E-state index is 0.108. The summed E-state index contributed by atoms with van der Waals surface area (Å²) in [6, 6.07) is 1.59. The van der Waals surface area contributed by atoms with Crippen LogP contribution in [0.5, 0.6) is 0 Å². The number of likely N-dealkylation sites (tertiary alicyclic amines) is 1. The Hall–Kier alpha value is -1.37. The summed E-state index contributed by atoms with van der Waals surface area (Å²) in [4.78, 5) is 17.8. The number of halogens is 1. The van der Waals surface area contributed by atoms with Crippen LogP contribution in [0.3, 0.4) is 0 Å². The fraction of sp³-hybridized carbons (Fsp3) is 0.538. The highest BCUT2D eigenvalue weighted by Crippen LogP contribution is 2.22. The van der Waals surface area contributed by atoms with E-state index in [4.69, 9.17) is 11.6 Å². The average Bonchev–Trinajstić information content (AvgIpc) is 2.77. The molecule has 20 heavy (non-hydrogen) atoms. The number of pyridine rings is 1. The average molecular weight is 300 g/mol. The van der Waals surface area contributed by atoms with Crippen LogP contribution in [-0.2, 0) is 0 Å². The Labute approximate surface area is 122 Å². The number of aromatic nitrogens is 1. The summed E-state index contributed by atoms with van der Waals surface area (Å²) in [5, 5.41) is 22.3. The molecule has 2 rings (SSSR count). The molecule has 2 atom stereocenters. The van der Waals surface area contributed by atoms with Gasteiger partial charge in [0.1, 0.15) is 5.82 Å². The third kappa shape index (κ3) is 3.20. The van der Waals surface area contributed by atoms with Crippen LogP contribution < -0.4 is 5.32 Å². The maximum atomic E-state index is 12.3. The van der Waals surface area contributed by atoms with Crippen molar-refractivity contribution in [2.75, 3.05) is 25.0 Å². The Kier molecular flexibility index (Phi) is 4.80. The molecule has 1 aliphatic rings. The predicted molar refractivity (Wildman–Crippen MR) is 75.9 cm³/mol. The Morgan fingerprint density at radius 3 is 2.75 bits per heavy atom. The zero-order valence-electron chi connectivity index (χ0n) is 11.2. The van der Waals surface area contributed by atoms with Crippen LogP contribution >= 0.6 is 11.6 Å². The number of β-amino-alcohol motifs (C(OH)–C–C–N with tert-alkyl or cyclic N) is 2. The number of hydrogen-bond donors (Lipinski definition) is 3.